The van der Waals surface area contributed by atoms with Crippen molar-refractivity contribution in [3.8, 4) is 11.4 Å². The number of hydrogen-bond acceptors (Lipinski definition) is 5. The van der Waals surface area contributed by atoms with Crippen LogP contribution in [0.2, 0.25) is 5.02 Å². The Hall–Kier alpha value is -2.99. The van der Waals surface area contributed by atoms with Gasteiger partial charge in [0.2, 0.25) is 0 Å². The third kappa shape index (κ3) is 4.07. The Morgan fingerprint density at radius 3 is 2.72 bits per heavy atom. The number of hydrogen-bond donors (Lipinski definition) is 1. The van der Waals surface area contributed by atoms with E-state index in [0.29, 0.717) is 17.3 Å². The molecule has 0 unspecified atom stereocenters. The van der Waals surface area contributed by atoms with Gasteiger partial charge in [0, 0.05) is 19.6 Å². The van der Waals surface area contributed by atoms with Crippen molar-refractivity contribution in [1.82, 2.24) is 9.78 Å². The van der Waals surface area contributed by atoms with Gasteiger partial charge in [-0.15, -0.1) is 0 Å². The quantitative estimate of drug-likeness (QED) is 0.669. The first-order chi connectivity index (χ1) is 14.2. The van der Waals surface area contributed by atoms with Crippen LogP contribution < -0.4 is 20.5 Å². The lowest BCUT2D eigenvalue weighted by Crippen LogP contribution is -2.25. The van der Waals surface area contributed by atoms with E-state index in [4.69, 9.17) is 16.3 Å². The Morgan fingerprint density at radius 2 is 1.93 bits per heavy atom. The molecule has 0 radical (unpaired) electrons. The van der Waals surface area contributed by atoms with Crippen molar-refractivity contribution in [2.45, 2.75) is 6.42 Å². The molecule has 2 heterocycles. The minimum atomic E-state index is -0.329. The number of anilines is 2. The van der Waals surface area contributed by atoms with Gasteiger partial charge in [-0.2, -0.15) is 9.78 Å². The highest BCUT2D eigenvalue weighted by molar-refractivity contribution is 6.32. The van der Waals surface area contributed by atoms with Crippen LogP contribution in [0.1, 0.15) is 6.42 Å². The van der Waals surface area contributed by atoms with Gasteiger partial charge in [0.05, 0.1) is 30.4 Å². The topological polar surface area (TPSA) is 59.4 Å². The number of nitrogens with one attached hydrogen (secondary N) is 1. The van der Waals surface area contributed by atoms with Crippen molar-refractivity contribution in [3.63, 3.8) is 0 Å². The van der Waals surface area contributed by atoms with Gasteiger partial charge in [0.25, 0.3) is 5.56 Å². The lowest BCUT2D eigenvalue weighted by molar-refractivity contribution is 0.414. The fourth-order valence-electron chi connectivity index (χ4n) is 3.67. The zero-order valence-electron chi connectivity index (χ0n) is 16.2. The standard InChI is InChI=1S/C22H23ClN4O2/c1-29-20-10-6-5-9-19(20)26-12-11-16(15-26)13-24-18-14-25-27(22(28)21(18)23)17-7-3-2-4-8-17/h2-10,14,16,24H,11-13,15H2,1H3/t16-/m0/s1. The summed E-state index contributed by atoms with van der Waals surface area (Å²) in [4.78, 5) is 14.9. The first-order valence-corrected chi connectivity index (χ1v) is 10.00. The minimum Gasteiger partial charge on any atom is -0.495 e. The zero-order valence-corrected chi connectivity index (χ0v) is 17.0. The predicted octanol–water partition coefficient (Wildman–Crippen LogP) is 3.83. The summed E-state index contributed by atoms with van der Waals surface area (Å²) in [6.07, 6.45) is 2.67. The van der Waals surface area contributed by atoms with Gasteiger partial charge in [-0.05, 0) is 36.6 Å². The van der Waals surface area contributed by atoms with E-state index in [9.17, 15) is 4.79 Å². The van der Waals surface area contributed by atoms with E-state index in [1.807, 2.05) is 48.5 Å². The molecule has 1 fully saturated rings. The van der Waals surface area contributed by atoms with E-state index in [2.05, 4.69) is 21.4 Å². The van der Waals surface area contributed by atoms with Crippen LogP contribution in [0, 0.1) is 5.92 Å². The van der Waals surface area contributed by atoms with E-state index < -0.39 is 0 Å². The number of halogens is 1. The van der Waals surface area contributed by atoms with Crippen LogP contribution in [0.15, 0.2) is 65.6 Å². The van der Waals surface area contributed by atoms with Crippen molar-refractivity contribution in [2.24, 2.45) is 5.92 Å². The SMILES string of the molecule is COc1ccccc1N1CC[C@@H](CNc2cnn(-c3ccccc3)c(=O)c2Cl)C1. The highest BCUT2D eigenvalue weighted by Gasteiger charge is 2.24. The van der Waals surface area contributed by atoms with Crippen LogP contribution in [0.5, 0.6) is 5.75 Å². The second-order valence-corrected chi connectivity index (χ2v) is 7.46. The summed E-state index contributed by atoms with van der Waals surface area (Å²) in [5.74, 6) is 1.32. The highest BCUT2D eigenvalue weighted by Crippen LogP contribution is 2.32. The molecular weight excluding hydrogens is 388 g/mol. The average molecular weight is 411 g/mol. The molecule has 0 amide bonds. The number of nitrogens with zero attached hydrogens (tertiary/aromatic N) is 3. The monoisotopic (exact) mass is 410 g/mol. The van der Waals surface area contributed by atoms with Crippen LogP contribution in [0.3, 0.4) is 0 Å². The maximum Gasteiger partial charge on any atom is 0.292 e. The van der Waals surface area contributed by atoms with Crippen LogP contribution >= 0.6 is 11.6 Å². The Bertz CT molecular complexity index is 1040. The molecule has 1 aliphatic heterocycles. The lowest BCUT2D eigenvalue weighted by atomic mass is 10.1. The Labute approximate surface area is 174 Å². The smallest absolute Gasteiger partial charge is 0.292 e. The lowest BCUT2D eigenvalue weighted by Gasteiger charge is -2.21. The van der Waals surface area contributed by atoms with Gasteiger partial charge >= 0.3 is 0 Å². The summed E-state index contributed by atoms with van der Waals surface area (Å²) < 4.78 is 6.79. The normalized spacial score (nSPS) is 16.1. The summed E-state index contributed by atoms with van der Waals surface area (Å²) in [5.41, 5.74) is 2.04. The molecular formula is C22H23ClN4O2. The Balaban J connectivity index is 1.42. The molecule has 3 aromatic rings. The van der Waals surface area contributed by atoms with Crippen molar-refractivity contribution >= 4 is 23.0 Å². The van der Waals surface area contributed by atoms with Gasteiger partial charge in [0.15, 0.2) is 0 Å². The van der Waals surface area contributed by atoms with Crippen LogP contribution in [-0.4, -0.2) is 36.5 Å². The Morgan fingerprint density at radius 1 is 1.17 bits per heavy atom. The molecule has 1 N–H and O–H groups in total. The summed E-state index contributed by atoms with van der Waals surface area (Å²) in [6.45, 7) is 2.61. The minimum absolute atomic E-state index is 0.156. The second kappa shape index (κ2) is 8.57. The molecule has 4 rings (SSSR count). The van der Waals surface area contributed by atoms with Gasteiger partial charge in [0.1, 0.15) is 10.8 Å². The van der Waals surface area contributed by atoms with Crippen LogP contribution in [-0.2, 0) is 0 Å². The van der Waals surface area contributed by atoms with Crippen LogP contribution in [0.25, 0.3) is 5.69 Å². The molecule has 0 spiro atoms. The fraction of sp³-hybridized carbons (Fsp3) is 0.273. The molecule has 1 aromatic heterocycles. The van der Waals surface area contributed by atoms with Crippen molar-refractivity contribution in [1.29, 1.82) is 0 Å². The molecule has 0 aliphatic carbocycles. The van der Waals surface area contributed by atoms with Gasteiger partial charge in [-0.25, -0.2) is 0 Å². The highest BCUT2D eigenvalue weighted by atomic mass is 35.5. The van der Waals surface area contributed by atoms with Gasteiger partial charge in [-0.1, -0.05) is 41.9 Å². The summed E-state index contributed by atoms with van der Waals surface area (Å²) in [6, 6.07) is 17.3. The third-order valence-corrected chi connectivity index (χ3v) is 5.58. The van der Waals surface area contributed by atoms with Crippen molar-refractivity contribution < 1.29 is 4.74 Å². The van der Waals surface area contributed by atoms with Crippen molar-refractivity contribution in [3.05, 3.63) is 76.2 Å². The van der Waals surface area contributed by atoms with E-state index in [1.165, 1.54) is 4.68 Å². The summed E-state index contributed by atoms with van der Waals surface area (Å²) in [5, 5.41) is 7.74. The zero-order chi connectivity index (χ0) is 20.2. The maximum atomic E-state index is 12.6. The molecule has 0 saturated carbocycles. The average Bonchev–Trinajstić information content (AvgIpc) is 3.24. The van der Waals surface area contributed by atoms with E-state index >= 15 is 0 Å². The number of ether oxygens (including phenoxy) is 1. The second-order valence-electron chi connectivity index (χ2n) is 7.08. The molecule has 29 heavy (non-hydrogen) atoms. The number of rotatable bonds is 6. The molecule has 150 valence electrons. The van der Waals surface area contributed by atoms with Gasteiger partial charge < -0.3 is 15.0 Å². The first-order valence-electron chi connectivity index (χ1n) is 9.62. The van der Waals surface area contributed by atoms with Crippen LogP contribution in [0.4, 0.5) is 11.4 Å². The number of para-hydroxylation sites is 3. The summed E-state index contributed by atoms with van der Waals surface area (Å²) in [7, 11) is 1.70. The molecule has 7 heteroatoms. The van der Waals surface area contributed by atoms with Crippen molar-refractivity contribution in [2.75, 3.05) is 37.0 Å². The number of methoxy groups -OCH3 is 1. The fourth-order valence-corrected chi connectivity index (χ4v) is 3.87. The molecule has 2 aromatic carbocycles. The molecule has 1 aliphatic rings. The van der Waals surface area contributed by atoms with Gasteiger partial charge in [-0.3, -0.25) is 4.79 Å². The van der Waals surface area contributed by atoms with E-state index in [-0.39, 0.29) is 10.6 Å². The number of aromatic nitrogens is 2. The molecule has 1 atom stereocenters. The number of benzene rings is 2. The Kier molecular flexibility index (Phi) is 5.71. The third-order valence-electron chi connectivity index (χ3n) is 5.21. The largest absolute Gasteiger partial charge is 0.495 e. The molecule has 6 nitrogen and oxygen atoms in total. The maximum absolute atomic E-state index is 12.6. The van der Waals surface area contributed by atoms with E-state index in [0.717, 1.165) is 37.5 Å². The predicted molar refractivity (Wildman–Crippen MR) is 117 cm³/mol. The molecule has 0 bridgehead atoms. The first kappa shape index (κ1) is 19.3. The molecule has 1 saturated heterocycles. The van der Waals surface area contributed by atoms with E-state index in [1.54, 1.807) is 13.3 Å². The summed E-state index contributed by atoms with van der Waals surface area (Å²) >= 11 is 6.34.